The molecule has 2 saturated carbocycles. The number of carbonyl (C=O) groups excluding carboxylic acids is 1. The van der Waals surface area contributed by atoms with E-state index in [0.717, 1.165) is 32.4 Å². The maximum Gasteiger partial charge on any atom is 0.223 e. The summed E-state index contributed by atoms with van der Waals surface area (Å²) in [4.78, 5) is 14.7. The van der Waals surface area contributed by atoms with Crippen molar-refractivity contribution in [2.75, 3.05) is 53.1 Å². The van der Waals surface area contributed by atoms with Crippen LogP contribution in [0.1, 0.15) is 30.7 Å². The molecule has 1 aromatic rings. The van der Waals surface area contributed by atoms with Crippen LogP contribution in [0.3, 0.4) is 0 Å². The van der Waals surface area contributed by atoms with Gasteiger partial charge < -0.3 is 19.9 Å². The van der Waals surface area contributed by atoms with Gasteiger partial charge in [0.25, 0.3) is 0 Å². The lowest BCUT2D eigenvalue weighted by Gasteiger charge is -2.24. The molecule has 0 unspecified atom stereocenters. The molecule has 4 rings (SSSR count). The highest BCUT2D eigenvalue weighted by Crippen LogP contribution is 2.68. The van der Waals surface area contributed by atoms with Crippen molar-refractivity contribution < 1.29 is 19.4 Å². The molecule has 1 aromatic carbocycles. The summed E-state index contributed by atoms with van der Waals surface area (Å²) in [7, 11) is 1.67. The number of likely N-dealkylation sites (tertiary alicyclic amines) is 1. The summed E-state index contributed by atoms with van der Waals surface area (Å²) in [6, 6.07) is 10.5. The minimum atomic E-state index is -0.378. The molecular weight excluding hydrogens is 368 g/mol. The first kappa shape index (κ1) is 20.8. The van der Waals surface area contributed by atoms with Crippen LogP contribution in [0, 0.1) is 17.3 Å². The van der Waals surface area contributed by atoms with E-state index in [1.807, 2.05) is 6.07 Å². The van der Waals surface area contributed by atoms with Gasteiger partial charge in [0, 0.05) is 44.6 Å². The van der Waals surface area contributed by atoms with Crippen LogP contribution in [-0.2, 0) is 14.3 Å². The number of hydrogen-bond donors (Lipinski definition) is 2. The lowest BCUT2D eigenvalue weighted by Crippen LogP contribution is -2.37. The number of aliphatic hydroxyl groups is 1. The molecular formula is C23H34N2O4. The van der Waals surface area contributed by atoms with Crippen LogP contribution < -0.4 is 5.32 Å². The van der Waals surface area contributed by atoms with Gasteiger partial charge in [-0.05, 0) is 30.2 Å². The summed E-state index contributed by atoms with van der Waals surface area (Å²) in [6.45, 7) is 4.84. The van der Waals surface area contributed by atoms with Gasteiger partial charge in [0.1, 0.15) is 0 Å². The van der Waals surface area contributed by atoms with E-state index in [9.17, 15) is 9.90 Å². The van der Waals surface area contributed by atoms with E-state index < -0.39 is 0 Å². The number of β-amino-alcohol motifs (C(OH)–C–C–N with tert-alkyl or cyclic N) is 1. The number of amides is 1. The molecule has 2 aliphatic carbocycles. The molecule has 6 nitrogen and oxygen atoms in total. The summed E-state index contributed by atoms with van der Waals surface area (Å²) in [5.74, 6) is 0.971. The Labute approximate surface area is 173 Å². The molecule has 3 aliphatic rings. The van der Waals surface area contributed by atoms with Gasteiger partial charge in [-0.25, -0.2) is 0 Å². The Balaban J connectivity index is 1.39. The largest absolute Gasteiger partial charge is 0.391 e. The van der Waals surface area contributed by atoms with Gasteiger partial charge in [-0.15, -0.1) is 0 Å². The standard InChI is InChI=1S/C23H34N2O4/c1-28-12-13-29-11-10-25-15-20(26)23(16-25)19(14-24-22(27)18-8-5-9-18)21(23)17-6-3-2-4-7-17/h2-4,6-7,18-21,26H,5,8-16H2,1H3,(H,24,27)/t19-,20-,21-,23-/m1/s1. The fourth-order valence-corrected chi connectivity index (χ4v) is 5.33. The molecule has 1 heterocycles. The fraction of sp³-hybridized carbons (Fsp3) is 0.696. The molecule has 0 radical (unpaired) electrons. The van der Waals surface area contributed by atoms with Gasteiger partial charge in [-0.2, -0.15) is 0 Å². The van der Waals surface area contributed by atoms with Gasteiger partial charge in [-0.3, -0.25) is 9.69 Å². The van der Waals surface area contributed by atoms with Crippen LogP contribution in [0.4, 0.5) is 0 Å². The highest BCUT2D eigenvalue weighted by atomic mass is 16.5. The maximum absolute atomic E-state index is 12.4. The monoisotopic (exact) mass is 402 g/mol. The molecule has 0 bridgehead atoms. The second-order valence-corrected chi connectivity index (χ2v) is 8.84. The predicted octanol–water partition coefficient (Wildman–Crippen LogP) is 1.64. The second kappa shape index (κ2) is 9.13. The number of rotatable bonds is 10. The summed E-state index contributed by atoms with van der Waals surface area (Å²) in [5, 5.41) is 14.2. The quantitative estimate of drug-likeness (QED) is 0.582. The molecule has 2 N–H and O–H groups in total. The minimum Gasteiger partial charge on any atom is -0.391 e. The van der Waals surface area contributed by atoms with Crippen LogP contribution in [0.15, 0.2) is 30.3 Å². The van der Waals surface area contributed by atoms with Crippen molar-refractivity contribution in [3.63, 3.8) is 0 Å². The van der Waals surface area contributed by atoms with E-state index in [1.165, 1.54) is 5.56 Å². The third-order valence-electron chi connectivity index (χ3n) is 7.23. The average molecular weight is 403 g/mol. The number of methoxy groups -OCH3 is 1. The molecule has 1 aliphatic heterocycles. The van der Waals surface area contributed by atoms with Gasteiger partial charge in [0.05, 0.1) is 25.9 Å². The zero-order valence-electron chi connectivity index (χ0n) is 17.4. The van der Waals surface area contributed by atoms with Gasteiger partial charge >= 0.3 is 0 Å². The third-order valence-corrected chi connectivity index (χ3v) is 7.23. The number of ether oxygens (including phenoxy) is 2. The van der Waals surface area contributed by atoms with Crippen molar-refractivity contribution >= 4 is 5.91 Å². The summed E-state index contributed by atoms with van der Waals surface area (Å²) in [5.41, 5.74) is 1.11. The van der Waals surface area contributed by atoms with Gasteiger partial charge in [-0.1, -0.05) is 36.8 Å². The fourth-order valence-electron chi connectivity index (χ4n) is 5.33. The van der Waals surface area contributed by atoms with Crippen LogP contribution >= 0.6 is 0 Å². The lowest BCUT2D eigenvalue weighted by atomic mass is 9.85. The molecule has 1 amide bonds. The Bertz CT molecular complexity index is 681. The van der Waals surface area contributed by atoms with Crippen molar-refractivity contribution in [2.24, 2.45) is 17.3 Å². The van der Waals surface area contributed by atoms with E-state index in [0.29, 0.717) is 38.8 Å². The molecule has 3 fully saturated rings. The van der Waals surface area contributed by atoms with Crippen molar-refractivity contribution in [1.29, 1.82) is 0 Å². The topological polar surface area (TPSA) is 71.0 Å². The molecule has 4 atom stereocenters. The molecule has 160 valence electrons. The van der Waals surface area contributed by atoms with Crippen molar-refractivity contribution in [3.8, 4) is 0 Å². The van der Waals surface area contributed by atoms with Gasteiger partial charge in [0.2, 0.25) is 5.91 Å². The van der Waals surface area contributed by atoms with Crippen LogP contribution in [0.25, 0.3) is 0 Å². The van der Waals surface area contributed by atoms with Crippen LogP contribution in [0.2, 0.25) is 0 Å². The Morgan fingerprint density at radius 2 is 2.03 bits per heavy atom. The van der Waals surface area contributed by atoms with E-state index in [2.05, 4.69) is 34.5 Å². The number of nitrogens with zero attached hydrogens (tertiary/aromatic N) is 1. The minimum absolute atomic E-state index is 0.166. The van der Waals surface area contributed by atoms with E-state index in [-0.39, 0.29) is 29.3 Å². The van der Waals surface area contributed by atoms with Crippen molar-refractivity contribution in [3.05, 3.63) is 35.9 Å². The predicted molar refractivity (Wildman–Crippen MR) is 111 cm³/mol. The Kier molecular flexibility index (Phi) is 6.54. The first-order valence-electron chi connectivity index (χ1n) is 11.0. The summed E-state index contributed by atoms with van der Waals surface area (Å²) >= 11 is 0. The molecule has 1 saturated heterocycles. The highest BCUT2D eigenvalue weighted by molar-refractivity contribution is 5.79. The Morgan fingerprint density at radius 1 is 1.24 bits per heavy atom. The zero-order chi connectivity index (χ0) is 20.3. The van der Waals surface area contributed by atoms with Crippen molar-refractivity contribution in [1.82, 2.24) is 10.2 Å². The molecule has 0 aromatic heterocycles. The maximum atomic E-state index is 12.4. The van der Waals surface area contributed by atoms with Crippen LogP contribution in [0.5, 0.6) is 0 Å². The highest BCUT2D eigenvalue weighted by Gasteiger charge is 2.70. The van der Waals surface area contributed by atoms with E-state index in [4.69, 9.17) is 9.47 Å². The van der Waals surface area contributed by atoms with Gasteiger partial charge in [0.15, 0.2) is 0 Å². The van der Waals surface area contributed by atoms with E-state index in [1.54, 1.807) is 7.11 Å². The molecule has 1 spiro atoms. The first-order valence-corrected chi connectivity index (χ1v) is 11.0. The SMILES string of the molecule is COCCOCCN1C[C@@H](O)[C@@]2(C1)[C@H](CNC(=O)C1CCC1)[C@H]2c1ccccc1. The summed E-state index contributed by atoms with van der Waals surface area (Å²) < 4.78 is 10.6. The normalized spacial score (nSPS) is 31.7. The average Bonchev–Trinajstić information content (AvgIpc) is 3.21. The summed E-state index contributed by atoms with van der Waals surface area (Å²) in [6.07, 6.45) is 2.82. The number of aliphatic hydroxyl groups excluding tert-OH is 1. The zero-order valence-corrected chi connectivity index (χ0v) is 17.4. The number of benzene rings is 1. The number of hydrogen-bond acceptors (Lipinski definition) is 5. The third kappa shape index (κ3) is 4.22. The van der Waals surface area contributed by atoms with E-state index >= 15 is 0 Å². The Hall–Kier alpha value is -1.47. The Morgan fingerprint density at radius 3 is 2.72 bits per heavy atom. The lowest BCUT2D eigenvalue weighted by molar-refractivity contribution is -0.127. The smallest absolute Gasteiger partial charge is 0.223 e. The molecule has 6 heteroatoms. The van der Waals surface area contributed by atoms with Crippen molar-refractivity contribution in [2.45, 2.75) is 31.3 Å². The second-order valence-electron chi connectivity index (χ2n) is 8.84. The number of carbonyl (C=O) groups is 1. The van der Waals surface area contributed by atoms with Crippen LogP contribution in [-0.4, -0.2) is 75.1 Å². The number of nitrogens with one attached hydrogen (secondary N) is 1. The molecule has 29 heavy (non-hydrogen) atoms. The first-order chi connectivity index (χ1) is 14.2.